The van der Waals surface area contributed by atoms with Gasteiger partial charge in [-0.05, 0) is 37.6 Å². The highest BCUT2D eigenvalue weighted by Gasteiger charge is 2.29. The molecule has 1 amide bonds. The van der Waals surface area contributed by atoms with E-state index in [0.29, 0.717) is 25.4 Å². The van der Waals surface area contributed by atoms with Crippen LogP contribution in [0.2, 0.25) is 0 Å². The van der Waals surface area contributed by atoms with Crippen LogP contribution in [0, 0.1) is 0 Å². The number of nitrogens with zero attached hydrogens (tertiary/aromatic N) is 2. The molecule has 0 radical (unpaired) electrons. The fraction of sp³-hybridized carbons (Fsp3) is 0.400. The second kappa shape index (κ2) is 8.73. The maximum absolute atomic E-state index is 12.7. The first-order valence-corrected chi connectivity index (χ1v) is 9.14. The van der Waals surface area contributed by atoms with Gasteiger partial charge in [0.05, 0.1) is 6.54 Å². The molecular weight excluding hydrogens is 348 g/mol. The standard InChI is InChI=1S/C20H24N2O5/c1-2-21(14-18(23)24)15-10-12-22(13-11-15)20(25)17-8-9-19(27-17)26-16-6-4-3-5-7-16/h3-9,15H,2,10-14H2,1H3,(H,23,24). The van der Waals surface area contributed by atoms with Crippen LogP contribution in [0.1, 0.15) is 30.3 Å². The number of para-hydroxylation sites is 1. The maximum atomic E-state index is 12.7. The predicted octanol–water partition coefficient (Wildman–Crippen LogP) is 3.08. The molecule has 2 heterocycles. The van der Waals surface area contributed by atoms with Crippen LogP contribution in [0.3, 0.4) is 0 Å². The monoisotopic (exact) mass is 372 g/mol. The number of rotatable bonds is 7. The van der Waals surface area contributed by atoms with Gasteiger partial charge in [0.15, 0.2) is 5.76 Å². The average molecular weight is 372 g/mol. The number of piperidine rings is 1. The third-order valence-corrected chi connectivity index (χ3v) is 4.77. The van der Waals surface area contributed by atoms with Crippen LogP contribution >= 0.6 is 0 Å². The molecular formula is C20H24N2O5. The fourth-order valence-electron chi connectivity index (χ4n) is 3.36. The molecule has 1 aromatic carbocycles. The van der Waals surface area contributed by atoms with E-state index in [1.807, 2.05) is 42.2 Å². The van der Waals surface area contributed by atoms with E-state index in [1.54, 1.807) is 17.0 Å². The summed E-state index contributed by atoms with van der Waals surface area (Å²) in [5, 5.41) is 9.01. The summed E-state index contributed by atoms with van der Waals surface area (Å²) in [5.74, 6) is 0.176. The van der Waals surface area contributed by atoms with Crippen molar-refractivity contribution in [2.45, 2.75) is 25.8 Å². The Labute approximate surface area is 158 Å². The molecule has 0 aliphatic carbocycles. The lowest BCUT2D eigenvalue weighted by Gasteiger charge is -2.37. The third-order valence-electron chi connectivity index (χ3n) is 4.77. The summed E-state index contributed by atoms with van der Waals surface area (Å²) in [4.78, 5) is 27.3. The molecule has 1 fully saturated rings. The van der Waals surface area contributed by atoms with E-state index in [4.69, 9.17) is 14.3 Å². The van der Waals surface area contributed by atoms with E-state index in [-0.39, 0.29) is 30.2 Å². The smallest absolute Gasteiger partial charge is 0.317 e. The second-order valence-corrected chi connectivity index (χ2v) is 6.51. The van der Waals surface area contributed by atoms with Gasteiger partial charge in [-0.3, -0.25) is 14.5 Å². The Hall–Kier alpha value is -2.80. The minimum Gasteiger partial charge on any atom is -0.480 e. The zero-order chi connectivity index (χ0) is 19.2. The third kappa shape index (κ3) is 4.89. The van der Waals surface area contributed by atoms with E-state index >= 15 is 0 Å². The number of carboxylic acid groups (broad SMARTS) is 1. The van der Waals surface area contributed by atoms with Gasteiger partial charge in [0.2, 0.25) is 0 Å². The Morgan fingerprint density at radius 2 is 1.89 bits per heavy atom. The number of likely N-dealkylation sites (tertiary alicyclic amines) is 1. The number of benzene rings is 1. The molecule has 0 spiro atoms. The van der Waals surface area contributed by atoms with Gasteiger partial charge in [-0.2, -0.15) is 0 Å². The number of carbonyl (C=O) groups excluding carboxylic acids is 1. The molecule has 2 aromatic rings. The quantitative estimate of drug-likeness (QED) is 0.804. The van der Waals surface area contributed by atoms with Crippen LogP contribution < -0.4 is 4.74 Å². The zero-order valence-electron chi connectivity index (χ0n) is 15.3. The summed E-state index contributed by atoms with van der Waals surface area (Å²) in [6.07, 6.45) is 1.50. The summed E-state index contributed by atoms with van der Waals surface area (Å²) in [6.45, 7) is 3.83. The molecule has 0 saturated carbocycles. The molecule has 144 valence electrons. The Balaban J connectivity index is 1.56. The molecule has 1 saturated heterocycles. The molecule has 7 nitrogen and oxygen atoms in total. The number of hydrogen-bond donors (Lipinski definition) is 1. The normalized spacial score (nSPS) is 15.1. The molecule has 7 heteroatoms. The molecule has 3 rings (SSSR count). The van der Waals surface area contributed by atoms with Gasteiger partial charge in [-0.25, -0.2) is 0 Å². The van der Waals surface area contributed by atoms with Crippen molar-refractivity contribution in [3.63, 3.8) is 0 Å². The molecule has 0 unspecified atom stereocenters. The van der Waals surface area contributed by atoms with Crippen molar-refractivity contribution in [1.82, 2.24) is 9.80 Å². The van der Waals surface area contributed by atoms with Crippen LogP contribution in [0.4, 0.5) is 0 Å². The molecule has 1 N–H and O–H groups in total. The molecule has 1 aliphatic heterocycles. The van der Waals surface area contributed by atoms with Crippen LogP contribution in [0.5, 0.6) is 11.7 Å². The lowest BCUT2D eigenvalue weighted by molar-refractivity contribution is -0.139. The van der Waals surface area contributed by atoms with Gasteiger partial charge in [0.25, 0.3) is 11.9 Å². The Bertz CT molecular complexity index is 766. The van der Waals surface area contributed by atoms with Crippen LogP contribution in [0.25, 0.3) is 0 Å². The number of aliphatic carboxylic acids is 1. The van der Waals surface area contributed by atoms with Crippen molar-refractivity contribution in [2.75, 3.05) is 26.2 Å². The van der Waals surface area contributed by atoms with Crippen LogP contribution in [0.15, 0.2) is 46.9 Å². The number of likely N-dealkylation sites (N-methyl/N-ethyl adjacent to an activating group) is 1. The average Bonchev–Trinajstić information content (AvgIpc) is 3.15. The zero-order valence-corrected chi connectivity index (χ0v) is 15.3. The predicted molar refractivity (Wildman–Crippen MR) is 99.0 cm³/mol. The Morgan fingerprint density at radius 1 is 1.19 bits per heavy atom. The summed E-state index contributed by atoms with van der Waals surface area (Å²) in [7, 11) is 0. The van der Waals surface area contributed by atoms with E-state index in [2.05, 4.69) is 0 Å². The minimum atomic E-state index is -0.822. The van der Waals surface area contributed by atoms with E-state index in [9.17, 15) is 9.59 Å². The minimum absolute atomic E-state index is 0.0352. The van der Waals surface area contributed by atoms with Crippen LogP contribution in [-0.4, -0.2) is 59.0 Å². The molecule has 0 atom stereocenters. The number of carbonyl (C=O) groups is 2. The highest BCUT2D eigenvalue weighted by atomic mass is 16.6. The van der Waals surface area contributed by atoms with Gasteiger partial charge in [0.1, 0.15) is 5.75 Å². The first-order chi connectivity index (χ1) is 13.1. The first kappa shape index (κ1) is 19.0. The number of hydrogen-bond acceptors (Lipinski definition) is 5. The number of amides is 1. The van der Waals surface area contributed by atoms with Crippen molar-refractivity contribution in [2.24, 2.45) is 0 Å². The van der Waals surface area contributed by atoms with Gasteiger partial charge in [-0.1, -0.05) is 25.1 Å². The van der Waals surface area contributed by atoms with E-state index < -0.39 is 5.97 Å². The number of ether oxygens (including phenoxy) is 1. The molecule has 27 heavy (non-hydrogen) atoms. The summed E-state index contributed by atoms with van der Waals surface area (Å²) in [5.41, 5.74) is 0. The topological polar surface area (TPSA) is 83.2 Å². The van der Waals surface area contributed by atoms with E-state index in [0.717, 1.165) is 12.8 Å². The Kier molecular flexibility index (Phi) is 6.13. The van der Waals surface area contributed by atoms with Crippen molar-refractivity contribution < 1.29 is 23.8 Å². The first-order valence-electron chi connectivity index (χ1n) is 9.14. The fourth-order valence-corrected chi connectivity index (χ4v) is 3.36. The van der Waals surface area contributed by atoms with Gasteiger partial charge in [-0.15, -0.1) is 0 Å². The number of furan rings is 1. The lowest BCUT2D eigenvalue weighted by Crippen LogP contribution is -2.48. The highest BCUT2D eigenvalue weighted by molar-refractivity contribution is 5.91. The van der Waals surface area contributed by atoms with Crippen molar-refractivity contribution in [3.8, 4) is 11.7 Å². The van der Waals surface area contributed by atoms with Crippen molar-refractivity contribution in [1.29, 1.82) is 0 Å². The number of carboxylic acids is 1. The van der Waals surface area contributed by atoms with Gasteiger partial charge >= 0.3 is 5.97 Å². The summed E-state index contributed by atoms with van der Waals surface area (Å²) >= 11 is 0. The summed E-state index contributed by atoms with van der Waals surface area (Å²) < 4.78 is 11.1. The largest absolute Gasteiger partial charge is 0.480 e. The van der Waals surface area contributed by atoms with Crippen molar-refractivity contribution in [3.05, 3.63) is 48.2 Å². The molecule has 1 aliphatic rings. The maximum Gasteiger partial charge on any atom is 0.317 e. The summed E-state index contributed by atoms with van der Waals surface area (Å²) in [6, 6.07) is 12.7. The van der Waals surface area contributed by atoms with Gasteiger partial charge in [0, 0.05) is 25.2 Å². The lowest BCUT2D eigenvalue weighted by atomic mass is 10.0. The van der Waals surface area contributed by atoms with Crippen molar-refractivity contribution >= 4 is 11.9 Å². The molecule has 0 bridgehead atoms. The van der Waals surface area contributed by atoms with Gasteiger partial charge < -0.3 is 19.2 Å². The highest BCUT2D eigenvalue weighted by Crippen LogP contribution is 2.25. The van der Waals surface area contributed by atoms with E-state index in [1.165, 1.54) is 0 Å². The molecule has 1 aromatic heterocycles. The second-order valence-electron chi connectivity index (χ2n) is 6.51. The Morgan fingerprint density at radius 3 is 2.52 bits per heavy atom. The van der Waals surface area contributed by atoms with Crippen LogP contribution in [-0.2, 0) is 4.79 Å². The SMILES string of the molecule is CCN(CC(=O)O)C1CCN(C(=O)c2ccc(Oc3ccccc3)o2)CC1.